The molecule has 0 spiro atoms. The van der Waals surface area contributed by atoms with Crippen molar-refractivity contribution in [1.82, 2.24) is 4.90 Å². The number of aromatic hydroxyl groups is 1. The number of carbonyl (C=O) groups is 4. The van der Waals surface area contributed by atoms with E-state index in [1.807, 2.05) is 0 Å². The van der Waals surface area contributed by atoms with Crippen LogP contribution in [0.25, 0.3) is 5.76 Å². The molecule has 1 fully saturated rings. The molecule has 3 aliphatic rings. The molecule has 2 amide bonds. The number of phenolic OH excluding ortho intramolecular Hbond substituents is 1. The smallest absolute Gasteiger partial charge is 0.255 e. The lowest BCUT2D eigenvalue weighted by molar-refractivity contribution is -0.153. The van der Waals surface area contributed by atoms with Crippen molar-refractivity contribution in [2.24, 2.45) is 17.6 Å². The lowest BCUT2D eigenvalue weighted by Crippen LogP contribution is -2.65. The van der Waals surface area contributed by atoms with Crippen LogP contribution in [0.5, 0.6) is 5.75 Å². The largest absolute Gasteiger partial charge is 0.508 e. The summed E-state index contributed by atoms with van der Waals surface area (Å²) in [6.45, 7) is 0. The Labute approximate surface area is 271 Å². The van der Waals surface area contributed by atoms with Gasteiger partial charge in [0.25, 0.3) is 5.91 Å². The van der Waals surface area contributed by atoms with Crippen LogP contribution in [0.4, 0.5) is 11.4 Å². The number of alkyl halides is 1. The van der Waals surface area contributed by atoms with Gasteiger partial charge in [-0.15, -0.1) is 0 Å². The van der Waals surface area contributed by atoms with Crippen molar-refractivity contribution in [1.29, 1.82) is 0 Å². The highest BCUT2D eigenvalue weighted by Gasteiger charge is 2.64. The summed E-state index contributed by atoms with van der Waals surface area (Å²) in [4.78, 5) is 55.2. The third kappa shape index (κ3) is 4.80. The molecule has 0 aromatic heterocycles. The summed E-state index contributed by atoms with van der Waals surface area (Å²) in [5.41, 5.74) is 2.34. The summed E-state index contributed by atoms with van der Waals surface area (Å²) in [7, 11) is 6.41. The summed E-state index contributed by atoms with van der Waals surface area (Å²) in [6, 6.07) is 7.57. The molecule has 5 atom stereocenters. The Morgan fingerprint density at radius 3 is 2.29 bits per heavy atom. The predicted molar refractivity (Wildman–Crippen MR) is 170 cm³/mol. The van der Waals surface area contributed by atoms with Gasteiger partial charge in [-0.3, -0.25) is 24.1 Å². The molecule has 14 heteroatoms. The van der Waals surface area contributed by atoms with E-state index in [4.69, 9.17) is 17.3 Å². The summed E-state index contributed by atoms with van der Waals surface area (Å²) in [6.07, 6.45) is -0.0352. The molecule has 2 aromatic carbocycles. The van der Waals surface area contributed by atoms with Crippen molar-refractivity contribution in [3.8, 4) is 5.75 Å². The first-order chi connectivity index (χ1) is 21.0. The molecule has 4 unspecified atom stereocenters. The van der Waals surface area contributed by atoms with Gasteiger partial charge in [0, 0.05) is 25.6 Å². The van der Waals surface area contributed by atoms with Gasteiger partial charge in [0.15, 0.2) is 17.1 Å². The normalized spacial score (nSPS) is 25.0. The summed E-state index contributed by atoms with van der Waals surface area (Å²) in [5.74, 6) is -8.36. The van der Waals surface area contributed by atoms with Gasteiger partial charge in [-0.05, 0) is 44.0 Å². The van der Waals surface area contributed by atoms with Gasteiger partial charge >= 0.3 is 0 Å². The minimum absolute atomic E-state index is 0.0158. The number of halogens is 2. The molecule has 0 heterocycles. The predicted octanol–water partition coefficient (Wildman–Crippen LogP) is 2.76. The molecular weight excluding hydrogens is 672 g/mol. The summed E-state index contributed by atoms with van der Waals surface area (Å²) >= 11 is 10.2. The van der Waals surface area contributed by atoms with Crippen LogP contribution in [0.2, 0.25) is 5.02 Å². The molecule has 45 heavy (non-hydrogen) atoms. The molecule has 12 nitrogen and oxygen atoms in total. The number of anilines is 2. The number of hydrogen-bond donors (Lipinski definition) is 6. The van der Waals surface area contributed by atoms with E-state index in [9.17, 15) is 39.6 Å². The highest BCUT2D eigenvalue weighted by Crippen LogP contribution is 2.56. The first-order valence-electron chi connectivity index (χ1n) is 13.9. The maximum absolute atomic E-state index is 14.2. The van der Waals surface area contributed by atoms with E-state index in [2.05, 4.69) is 21.2 Å². The van der Waals surface area contributed by atoms with E-state index < -0.39 is 74.5 Å². The number of Topliss-reactive ketones (excluding diaryl/α,β-unsaturated/α-hetero) is 2. The van der Waals surface area contributed by atoms with Crippen LogP contribution in [-0.2, 0) is 25.6 Å². The van der Waals surface area contributed by atoms with Crippen LogP contribution in [0.1, 0.15) is 27.9 Å². The lowest BCUT2D eigenvalue weighted by atomic mass is 9.57. The molecule has 3 aliphatic carbocycles. The SMILES string of the molecule is CN(C)c1c(Cl)c(NC(=O)C(Br)c2ccccc2)c(O)c2c1CC1CC3[C@H](N(C)C)C(=O)C(C(N)=O)=C(O)C3(O)C(=O)C1=C2O. The van der Waals surface area contributed by atoms with E-state index in [0.29, 0.717) is 16.8 Å². The van der Waals surface area contributed by atoms with Gasteiger partial charge in [-0.25, -0.2) is 0 Å². The zero-order chi connectivity index (χ0) is 33.3. The van der Waals surface area contributed by atoms with Crippen molar-refractivity contribution in [2.45, 2.75) is 29.3 Å². The van der Waals surface area contributed by atoms with Gasteiger partial charge in [-0.1, -0.05) is 57.9 Å². The molecule has 238 valence electrons. The van der Waals surface area contributed by atoms with Crippen molar-refractivity contribution in [2.75, 3.05) is 38.4 Å². The number of nitrogens with two attached hydrogens (primary N) is 1. The number of amides is 2. The fraction of sp³-hybridized carbons (Fsp3) is 0.355. The van der Waals surface area contributed by atoms with Crippen LogP contribution in [0, 0.1) is 11.8 Å². The number of aliphatic hydroxyl groups is 3. The molecule has 0 radical (unpaired) electrons. The average Bonchev–Trinajstić information content (AvgIpc) is 2.96. The highest BCUT2D eigenvalue weighted by atomic mass is 79.9. The van der Waals surface area contributed by atoms with Gasteiger partial charge in [0.05, 0.1) is 22.3 Å². The Kier molecular flexibility index (Phi) is 8.28. The number of aliphatic hydroxyl groups excluding tert-OH is 2. The van der Waals surface area contributed by atoms with E-state index in [-0.39, 0.29) is 34.7 Å². The second kappa shape index (κ2) is 11.5. The van der Waals surface area contributed by atoms with Gasteiger partial charge in [0.1, 0.15) is 27.6 Å². The minimum Gasteiger partial charge on any atom is -0.508 e. The lowest BCUT2D eigenvalue weighted by Gasteiger charge is -2.50. The van der Waals surface area contributed by atoms with Crippen LogP contribution >= 0.6 is 27.5 Å². The number of fused-ring (bicyclic) bond motifs is 3. The first-order valence-corrected chi connectivity index (χ1v) is 15.2. The fourth-order valence-corrected chi connectivity index (χ4v) is 7.71. The zero-order valence-electron chi connectivity index (χ0n) is 24.8. The highest BCUT2D eigenvalue weighted by molar-refractivity contribution is 9.09. The number of hydrogen-bond acceptors (Lipinski definition) is 10. The van der Waals surface area contributed by atoms with E-state index in [1.54, 1.807) is 49.3 Å². The van der Waals surface area contributed by atoms with Crippen LogP contribution < -0.4 is 16.0 Å². The Hall–Kier alpha value is -3.91. The minimum atomic E-state index is -2.77. The standard InChI is InChI=1S/C31H32BrClN4O8/c1-36(2)22-14-10-13-11-15-23(37(3)4)26(40)18(29(34)43)28(42)31(15,45)27(41)16(13)24(38)17(14)25(39)21(20(22)33)35-30(44)19(32)12-8-6-5-7-9-12/h5-9,13,15,19,23,38-39,42,45H,10-11H2,1-4H3,(H2,34,43)(H,35,44)/t13?,15?,19?,23-,31?/m0/s1. The number of rotatable bonds is 6. The number of nitrogens with one attached hydrogen (secondary N) is 1. The Morgan fingerprint density at radius 1 is 1.11 bits per heavy atom. The van der Waals surface area contributed by atoms with E-state index in [0.717, 1.165) is 0 Å². The number of phenols is 1. The van der Waals surface area contributed by atoms with E-state index in [1.165, 1.54) is 19.0 Å². The number of ketones is 2. The second-order valence-corrected chi connectivity index (χ2v) is 13.2. The maximum atomic E-state index is 14.2. The molecule has 5 rings (SSSR count). The Morgan fingerprint density at radius 2 is 1.73 bits per heavy atom. The van der Waals surface area contributed by atoms with Gasteiger partial charge < -0.3 is 36.4 Å². The fourth-order valence-electron chi connectivity index (χ4n) is 6.87. The number of carbonyl (C=O) groups excluding carboxylic acids is 4. The molecule has 2 aromatic rings. The van der Waals surface area contributed by atoms with Gasteiger partial charge in [-0.2, -0.15) is 0 Å². The summed E-state index contributed by atoms with van der Waals surface area (Å²) < 4.78 is 0. The van der Waals surface area contributed by atoms with Crippen LogP contribution in [0.15, 0.2) is 47.2 Å². The van der Waals surface area contributed by atoms with Gasteiger partial charge in [0.2, 0.25) is 11.7 Å². The zero-order valence-corrected chi connectivity index (χ0v) is 27.1. The molecule has 0 aliphatic heterocycles. The van der Waals surface area contributed by atoms with Crippen molar-refractivity contribution >= 4 is 68.0 Å². The number of benzene rings is 2. The number of likely N-dealkylation sites (N-methyl/N-ethyl adjacent to an activating group) is 1. The number of nitrogens with zero attached hydrogens (tertiary/aromatic N) is 2. The van der Waals surface area contributed by atoms with E-state index >= 15 is 0 Å². The Bertz CT molecular complexity index is 1720. The third-order valence-electron chi connectivity index (χ3n) is 8.82. The van der Waals surface area contributed by atoms with Crippen LogP contribution in [0.3, 0.4) is 0 Å². The average molecular weight is 704 g/mol. The Balaban J connectivity index is 1.69. The first kappa shape index (κ1) is 32.5. The molecule has 0 bridgehead atoms. The summed E-state index contributed by atoms with van der Waals surface area (Å²) in [5, 5.41) is 48.7. The number of primary amides is 1. The molecule has 0 saturated heterocycles. The molecule has 1 saturated carbocycles. The van der Waals surface area contributed by atoms with Crippen molar-refractivity contribution in [3.63, 3.8) is 0 Å². The topological polar surface area (TPSA) is 194 Å². The van der Waals surface area contributed by atoms with Crippen molar-refractivity contribution < 1.29 is 39.6 Å². The third-order valence-corrected chi connectivity index (χ3v) is 10.1. The molecule has 7 N–H and O–H groups in total. The molecular formula is C31H32BrClN4O8. The second-order valence-electron chi connectivity index (χ2n) is 11.9. The van der Waals surface area contributed by atoms with Crippen molar-refractivity contribution in [3.05, 3.63) is 69.0 Å². The maximum Gasteiger partial charge on any atom is 0.255 e. The monoisotopic (exact) mass is 702 g/mol. The quantitative estimate of drug-likeness (QED) is 0.148. The van der Waals surface area contributed by atoms with Crippen LogP contribution in [-0.4, -0.2) is 88.5 Å².